The molecule has 3 amide bonds. The third-order valence-electron chi connectivity index (χ3n) is 8.70. The molecule has 9 heteroatoms. The van der Waals surface area contributed by atoms with Crippen LogP contribution in [0.2, 0.25) is 0 Å². The van der Waals surface area contributed by atoms with Gasteiger partial charge >= 0.3 is 0 Å². The van der Waals surface area contributed by atoms with Gasteiger partial charge < -0.3 is 30.1 Å². The molecule has 210 valence electrons. The Morgan fingerprint density at radius 2 is 1.92 bits per heavy atom. The predicted octanol–water partition coefficient (Wildman–Crippen LogP) is 3.11. The molecule has 1 aromatic rings. The number of carbonyl (C=O) groups excluding carboxylic acids is 3. The van der Waals surface area contributed by atoms with E-state index in [0.29, 0.717) is 43.9 Å². The van der Waals surface area contributed by atoms with Crippen molar-refractivity contribution >= 4 is 23.4 Å². The number of hydrogen-bond acceptors (Lipinski definition) is 6. The predicted molar refractivity (Wildman–Crippen MR) is 144 cm³/mol. The second-order valence-electron chi connectivity index (χ2n) is 11.3. The van der Waals surface area contributed by atoms with E-state index < -0.39 is 29.1 Å². The van der Waals surface area contributed by atoms with Gasteiger partial charge in [-0.05, 0) is 76.6 Å². The lowest BCUT2D eigenvalue weighted by Crippen LogP contribution is -2.57. The molecule has 0 aliphatic carbocycles. The van der Waals surface area contributed by atoms with Crippen molar-refractivity contribution < 1.29 is 29.0 Å². The summed E-state index contributed by atoms with van der Waals surface area (Å²) in [5, 5.41) is 15.4. The molecule has 0 saturated carbocycles. The van der Waals surface area contributed by atoms with Crippen LogP contribution in [0.1, 0.15) is 66.7 Å². The molecule has 9 nitrogen and oxygen atoms in total. The van der Waals surface area contributed by atoms with Crippen molar-refractivity contribution in [2.75, 3.05) is 25.1 Å². The number of fused-ring (bicyclic) bond motifs is 1. The summed E-state index contributed by atoms with van der Waals surface area (Å²) in [7, 11) is 0. The van der Waals surface area contributed by atoms with E-state index in [9.17, 15) is 19.5 Å². The monoisotopic (exact) mass is 529 g/mol. The maximum absolute atomic E-state index is 14.0. The van der Waals surface area contributed by atoms with Crippen LogP contribution in [0.3, 0.4) is 0 Å². The summed E-state index contributed by atoms with van der Waals surface area (Å²) in [4.78, 5) is 43.2. The highest BCUT2D eigenvalue weighted by Gasteiger charge is 2.79. The number of nitrogens with zero attached hydrogens (tertiary/aromatic N) is 1. The molecule has 3 heterocycles. The van der Waals surface area contributed by atoms with Gasteiger partial charge in [0.15, 0.2) is 0 Å². The molecule has 0 aromatic heterocycles. The summed E-state index contributed by atoms with van der Waals surface area (Å²) in [5.74, 6) is -1.52. The first-order valence-electron chi connectivity index (χ1n) is 14.1. The van der Waals surface area contributed by atoms with Crippen LogP contribution in [0.15, 0.2) is 24.3 Å². The summed E-state index contributed by atoms with van der Waals surface area (Å²) in [6.07, 6.45) is 3.38. The zero-order valence-electron chi connectivity index (χ0n) is 23.3. The van der Waals surface area contributed by atoms with E-state index in [1.165, 1.54) is 0 Å². The van der Waals surface area contributed by atoms with E-state index in [0.717, 1.165) is 12.8 Å². The molecule has 2 bridgehead atoms. The van der Waals surface area contributed by atoms with Gasteiger partial charge in [0.25, 0.3) is 0 Å². The van der Waals surface area contributed by atoms with Gasteiger partial charge in [0.05, 0.1) is 24.0 Å². The van der Waals surface area contributed by atoms with Crippen LogP contribution in [0.4, 0.5) is 5.69 Å². The maximum atomic E-state index is 14.0. The molecule has 3 aliphatic heterocycles. The normalized spacial score (nSPS) is 32.3. The van der Waals surface area contributed by atoms with Gasteiger partial charge in [0.1, 0.15) is 17.4 Å². The molecule has 3 N–H and O–H groups in total. The molecular formula is C29H43N3O6. The molecule has 4 rings (SSSR count). The second-order valence-corrected chi connectivity index (χ2v) is 11.3. The molecule has 0 radical (unpaired) electrons. The lowest BCUT2D eigenvalue weighted by molar-refractivity contribution is -0.146. The van der Waals surface area contributed by atoms with Gasteiger partial charge in [-0.15, -0.1) is 0 Å². The number of anilines is 1. The topological polar surface area (TPSA) is 117 Å². The highest BCUT2D eigenvalue weighted by molar-refractivity contribution is 6.02. The highest BCUT2D eigenvalue weighted by atomic mass is 16.5. The molecule has 3 saturated heterocycles. The minimum Gasteiger partial charge on any atom is -0.494 e. The maximum Gasteiger partial charge on any atom is 0.246 e. The Morgan fingerprint density at radius 1 is 1.21 bits per heavy atom. The number of aliphatic hydroxyl groups excluding tert-OH is 1. The lowest BCUT2D eigenvalue weighted by atomic mass is 9.62. The first-order valence-corrected chi connectivity index (χ1v) is 14.1. The van der Waals surface area contributed by atoms with Gasteiger partial charge in [-0.2, -0.15) is 0 Å². The van der Waals surface area contributed by atoms with Gasteiger partial charge in [-0.1, -0.05) is 20.3 Å². The number of nitrogens with one attached hydrogen (secondary N) is 2. The summed E-state index contributed by atoms with van der Waals surface area (Å²) in [6, 6.07) is 6.30. The van der Waals surface area contributed by atoms with Crippen LogP contribution in [0, 0.1) is 17.8 Å². The fourth-order valence-electron chi connectivity index (χ4n) is 6.92. The number of benzene rings is 1. The summed E-state index contributed by atoms with van der Waals surface area (Å²) in [5.41, 5.74) is -1.33. The van der Waals surface area contributed by atoms with E-state index in [1.807, 2.05) is 27.7 Å². The smallest absolute Gasteiger partial charge is 0.246 e. The van der Waals surface area contributed by atoms with E-state index >= 15 is 0 Å². The fourth-order valence-corrected chi connectivity index (χ4v) is 6.92. The van der Waals surface area contributed by atoms with Crippen LogP contribution in [-0.4, -0.2) is 70.8 Å². The van der Waals surface area contributed by atoms with Crippen LogP contribution in [0.25, 0.3) is 0 Å². The van der Waals surface area contributed by atoms with Crippen molar-refractivity contribution in [2.45, 2.75) is 90.0 Å². The van der Waals surface area contributed by atoms with Crippen molar-refractivity contribution in [1.82, 2.24) is 10.2 Å². The van der Waals surface area contributed by atoms with Gasteiger partial charge in [-0.3, -0.25) is 14.4 Å². The number of unbranched alkanes of at least 4 members (excludes halogenated alkanes) is 1. The van der Waals surface area contributed by atoms with Crippen molar-refractivity contribution in [1.29, 1.82) is 0 Å². The summed E-state index contributed by atoms with van der Waals surface area (Å²) in [6.45, 7) is 10.8. The molecule has 1 aromatic carbocycles. The fraction of sp³-hybridized carbons (Fsp3) is 0.690. The van der Waals surface area contributed by atoms with Crippen molar-refractivity contribution in [3.8, 4) is 5.75 Å². The standard InChI is InChI=1S/C29H43N3O6/c1-6-10-19(4)30-26(35)24-29-17-18(3)28(5,38-29)22(23(29)27(36)32(24)15-8-9-16-33)25(34)31-20-11-13-21(14-12-20)37-7-2/h11-14,18-19,22-24,33H,6-10,15-17H2,1-5H3,(H,30,35)(H,31,34)/t18?,19?,22-,23-,24?,28+,29?/m0/s1. The average Bonchev–Trinajstić information content (AvgIpc) is 3.37. The Labute approximate surface area is 225 Å². The number of likely N-dealkylation sites (tertiary alicyclic amines) is 1. The number of aliphatic hydroxyl groups is 1. The van der Waals surface area contributed by atoms with Crippen molar-refractivity contribution in [3.63, 3.8) is 0 Å². The SMILES string of the molecule is CCCC(C)NC(=O)C1N(CCCCO)C(=O)[C@@H]2[C@@H](C(=O)Nc3ccc(OCC)cc3)[C@]3(C)OC12CC3C. The van der Waals surface area contributed by atoms with Crippen LogP contribution in [0.5, 0.6) is 5.75 Å². The lowest BCUT2D eigenvalue weighted by Gasteiger charge is -2.36. The zero-order valence-corrected chi connectivity index (χ0v) is 23.3. The van der Waals surface area contributed by atoms with E-state index in [2.05, 4.69) is 17.6 Å². The van der Waals surface area contributed by atoms with Crippen LogP contribution < -0.4 is 15.4 Å². The molecule has 7 atom stereocenters. The number of hydrogen-bond donors (Lipinski definition) is 3. The molecule has 4 unspecified atom stereocenters. The van der Waals surface area contributed by atoms with Gasteiger partial charge in [0.2, 0.25) is 17.7 Å². The van der Waals surface area contributed by atoms with Crippen molar-refractivity contribution in [2.24, 2.45) is 17.8 Å². The third-order valence-corrected chi connectivity index (χ3v) is 8.70. The Morgan fingerprint density at radius 3 is 2.55 bits per heavy atom. The van der Waals surface area contributed by atoms with Gasteiger partial charge in [0, 0.05) is 24.9 Å². The van der Waals surface area contributed by atoms with E-state index in [4.69, 9.17) is 9.47 Å². The first-order chi connectivity index (χ1) is 18.1. The third kappa shape index (κ3) is 4.79. The molecule has 3 aliphatic rings. The minimum absolute atomic E-state index is 0.0136. The van der Waals surface area contributed by atoms with Crippen LogP contribution >= 0.6 is 0 Å². The molecule has 38 heavy (non-hydrogen) atoms. The van der Waals surface area contributed by atoms with E-state index in [-0.39, 0.29) is 36.3 Å². The Hall–Kier alpha value is -2.65. The Balaban J connectivity index is 1.66. The highest BCUT2D eigenvalue weighted by Crippen LogP contribution is 2.65. The number of amides is 3. The molecule has 1 spiro atoms. The largest absolute Gasteiger partial charge is 0.494 e. The quantitative estimate of drug-likeness (QED) is 0.358. The number of carbonyl (C=O) groups is 3. The minimum atomic E-state index is -1.07. The summed E-state index contributed by atoms with van der Waals surface area (Å²) < 4.78 is 12.2. The second kappa shape index (κ2) is 11.2. The van der Waals surface area contributed by atoms with Crippen molar-refractivity contribution in [3.05, 3.63) is 24.3 Å². The Kier molecular flexibility index (Phi) is 8.37. The Bertz CT molecular complexity index is 1030. The molecule has 3 fully saturated rings. The first kappa shape index (κ1) is 28.4. The van der Waals surface area contributed by atoms with E-state index in [1.54, 1.807) is 29.2 Å². The summed E-state index contributed by atoms with van der Waals surface area (Å²) >= 11 is 0. The number of ether oxygens (including phenoxy) is 2. The van der Waals surface area contributed by atoms with Crippen LogP contribution in [-0.2, 0) is 19.1 Å². The zero-order chi connectivity index (χ0) is 27.7. The van der Waals surface area contributed by atoms with Gasteiger partial charge in [-0.25, -0.2) is 0 Å². The molecular weight excluding hydrogens is 486 g/mol. The average molecular weight is 530 g/mol. The number of rotatable bonds is 12.